The molecule has 1 fully saturated rings. The highest BCUT2D eigenvalue weighted by Crippen LogP contribution is 2.32. The number of hydrogen-bond donors (Lipinski definition) is 2. The average molecular weight is 288 g/mol. The summed E-state index contributed by atoms with van der Waals surface area (Å²) in [4.78, 5) is 2.08. The number of alkyl halides is 3. The van der Waals surface area contributed by atoms with Gasteiger partial charge in [-0.25, -0.2) is 0 Å². The van der Waals surface area contributed by atoms with Crippen LogP contribution in [0.2, 0.25) is 0 Å². The lowest BCUT2D eigenvalue weighted by atomic mass is 9.99. The molecule has 0 saturated carbocycles. The van der Waals surface area contributed by atoms with Gasteiger partial charge in [-0.1, -0.05) is 12.1 Å². The van der Waals surface area contributed by atoms with Crippen molar-refractivity contribution in [1.29, 1.82) is 0 Å². The molecule has 1 aromatic rings. The summed E-state index contributed by atoms with van der Waals surface area (Å²) in [5.41, 5.74) is 0.828. The van der Waals surface area contributed by atoms with Crippen LogP contribution in [0.25, 0.3) is 0 Å². The van der Waals surface area contributed by atoms with Crippen molar-refractivity contribution in [2.24, 2.45) is 0 Å². The highest BCUT2D eigenvalue weighted by molar-refractivity contribution is 5.28. The Balaban J connectivity index is 2.12. The second-order valence-corrected chi connectivity index (χ2v) is 5.05. The van der Waals surface area contributed by atoms with Gasteiger partial charge in [0.1, 0.15) is 5.75 Å². The van der Waals surface area contributed by atoms with E-state index in [9.17, 15) is 18.3 Å². The molecule has 1 aromatic carbocycles. The van der Waals surface area contributed by atoms with Gasteiger partial charge in [-0.3, -0.25) is 4.90 Å². The van der Waals surface area contributed by atoms with Crippen molar-refractivity contribution in [3.8, 4) is 5.75 Å². The molecule has 2 rings (SSSR count). The van der Waals surface area contributed by atoms with Gasteiger partial charge in [-0.15, -0.1) is 0 Å². The molecule has 0 spiro atoms. The minimum absolute atomic E-state index is 0.0499. The van der Waals surface area contributed by atoms with Crippen LogP contribution in [-0.4, -0.2) is 42.4 Å². The molecule has 1 saturated heterocycles. The lowest BCUT2D eigenvalue weighted by molar-refractivity contribution is -0.138. The van der Waals surface area contributed by atoms with Gasteiger partial charge in [0.2, 0.25) is 0 Å². The zero-order valence-corrected chi connectivity index (χ0v) is 11.2. The van der Waals surface area contributed by atoms with Crippen LogP contribution < -0.4 is 5.32 Å². The molecule has 2 N–H and O–H groups in total. The number of aromatic hydroxyl groups is 1. The summed E-state index contributed by atoms with van der Waals surface area (Å²) in [5.74, 6) is 0.128. The number of piperazine rings is 1. The molecule has 0 aromatic heterocycles. The fourth-order valence-electron chi connectivity index (χ4n) is 2.55. The van der Waals surface area contributed by atoms with Crippen molar-refractivity contribution in [3.05, 3.63) is 29.8 Å². The molecule has 6 heteroatoms. The number of nitrogens with zero attached hydrogens (tertiary/aromatic N) is 1. The van der Waals surface area contributed by atoms with E-state index in [4.69, 9.17) is 0 Å². The predicted molar refractivity (Wildman–Crippen MR) is 70.6 cm³/mol. The minimum Gasteiger partial charge on any atom is -0.508 e. The van der Waals surface area contributed by atoms with Crippen LogP contribution in [-0.2, 0) is 0 Å². The lowest BCUT2D eigenvalue weighted by Gasteiger charge is -2.35. The summed E-state index contributed by atoms with van der Waals surface area (Å²) < 4.78 is 37.5. The molecule has 3 nitrogen and oxygen atoms in total. The van der Waals surface area contributed by atoms with Crippen LogP contribution in [0.15, 0.2) is 24.3 Å². The van der Waals surface area contributed by atoms with Crippen LogP contribution in [0.3, 0.4) is 0 Å². The molecule has 0 aliphatic carbocycles. The number of hydrogen-bond acceptors (Lipinski definition) is 3. The lowest BCUT2D eigenvalue weighted by Crippen LogP contribution is -2.45. The Labute approximate surface area is 116 Å². The molecule has 1 atom stereocenters. The Morgan fingerprint density at radius 1 is 1.15 bits per heavy atom. The number of rotatable bonds is 4. The first-order valence-electron chi connectivity index (χ1n) is 6.76. The molecule has 0 unspecified atom stereocenters. The van der Waals surface area contributed by atoms with E-state index in [0.29, 0.717) is 0 Å². The normalized spacial score (nSPS) is 18.9. The van der Waals surface area contributed by atoms with Gasteiger partial charge in [-0.05, 0) is 24.1 Å². The van der Waals surface area contributed by atoms with Crippen LogP contribution in [0.5, 0.6) is 5.75 Å². The first-order valence-corrected chi connectivity index (χ1v) is 6.76. The maximum absolute atomic E-state index is 12.5. The first-order chi connectivity index (χ1) is 9.46. The Morgan fingerprint density at radius 3 is 2.30 bits per heavy atom. The van der Waals surface area contributed by atoms with Crippen molar-refractivity contribution in [2.45, 2.75) is 25.1 Å². The minimum atomic E-state index is -4.14. The third kappa shape index (κ3) is 4.38. The molecule has 0 amide bonds. The standard InChI is InChI=1S/C14H19F3N2O/c15-14(16,17)6-5-13(19-9-7-18-8-10-19)11-1-3-12(20)4-2-11/h1-4,13,18,20H,5-10H2/t13-/m0/s1. The third-order valence-corrected chi connectivity index (χ3v) is 3.57. The summed E-state index contributed by atoms with van der Waals surface area (Å²) in [6.07, 6.45) is -4.88. The average Bonchev–Trinajstić information content (AvgIpc) is 2.41. The van der Waals surface area contributed by atoms with E-state index in [1.807, 2.05) is 0 Å². The van der Waals surface area contributed by atoms with Crippen molar-refractivity contribution in [3.63, 3.8) is 0 Å². The second kappa shape index (κ2) is 6.45. The predicted octanol–water partition coefficient (Wildman–Crippen LogP) is 2.68. The number of phenols is 1. The summed E-state index contributed by atoms with van der Waals surface area (Å²) in [6.45, 7) is 3.06. The fourth-order valence-corrected chi connectivity index (χ4v) is 2.55. The zero-order chi connectivity index (χ0) is 14.6. The van der Waals surface area contributed by atoms with E-state index < -0.39 is 12.6 Å². The summed E-state index contributed by atoms with van der Waals surface area (Å²) >= 11 is 0. The molecule has 1 aliphatic rings. The van der Waals surface area contributed by atoms with Gasteiger partial charge in [0.05, 0.1) is 0 Å². The van der Waals surface area contributed by atoms with Crippen molar-refractivity contribution in [2.75, 3.05) is 26.2 Å². The fraction of sp³-hybridized carbons (Fsp3) is 0.571. The van der Waals surface area contributed by atoms with Crippen LogP contribution >= 0.6 is 0 Å². The zero-order valence-electron chi connectivity index (χ0n) is 11.2. The molecule has 0 radical (unpaired) electrons. The van der Waals surface area contributed by atoms with E-state index in [1.165, 1.54) is 12.1 Å². The van der Waals surface area contributed by atoms with Gasteiger partial charge >= 0.3 is 6.18 Å². The number of halogens is 3. The third-order valence-electron chi connectivity index (χ3n) is 3.57. The first kappa shape index (κ1) is 15.1. The van der Waals surface area contributed by atoms with Crippen molar-refractivity contribution < 1.29 is 18.3 Å². The maximum Gasteiger partial charge on any atom is 0.389 e. The summed E-state index contributed by atoms with van der Waals surface area (Å²) in [7, 11) is 0. The van der Waals surface area contributed by atoms with E-state index >= 15 is 0 Å². The SMILES string of the molecule is Oc1ccc([C@H](CCC(F)(F)F)N2CCNCC2)cc1. The van der Waals surface area contributed by atoms with E-state index in [-0.39, 0.29) is 18.2 Å². The molecule has 20 heavy (non-hydrogen) atoms. The Kier molecular flexibility index (Phi) is 4.88. The van der Waals surface area contributed by atoms with Gasteiger partial charge < -0.3 is 10.4 Å². The van der Waals surface area contributed by atoms with Crippen molar-refractivity contribution >= 4 is 0 Å². The molecule has 112 valence electrons. The number of nitrogens with one attached hydrogen (secondary N) is 1. The van der Waals surface area contributed by atoms with Gasteiger partial charge in [-0.2, -0.15) is 13.2 Å². The largest absolute Gasteiger partial charge is 0.508 e. The molecule has 1 aliphatic heterocycles. The Bertz CT molecular complexity index is 413. The Hall–Kier alpha value is -1.27. The Morgan fingerprint density at radius 2 is 1.75 bits per heavy atom. The van der Waals surface area contributed by atoms with Gasteiger partial charge in [0, 0.05) is 38.6 Å². The van der Waals surface area contributed by atoms with E-state index in [1.54, 1.807) is 12.1 Å². The molecular weight excluding hydrogens is 269 g/mol. The van der Waals surface area contributed by atoms with Crippen molar-refractivity contribution in [1.82, 2.24) is 10.2 Å². The topological polar surface area (TPSA) is 35.5 Å². The highest BCUT2D eigenvalue weighted by atomic mass is 19.4. The number of benzene rings is 1. The maximum atomic E-state index is 12.5. The highest BCUT2D eigenvalue weighted by Gasteiger charge is 2.31. The van der Waals surface area contributed by atoms with E-state index in [2.05, 4.69) is 10.2 Å². The van der Waals surface area contributed by atoms with E-state index in [0.717, 1.165) is 31.7 Å². The van der Waals surface area contributed by atoms with Gasteiger partial charge in [0.15, 0.2) is 0 Å². The van der Waals surface area contributed by atoms with Crippen LogP contribution in [0.4, 0.5) is 13.2 Å². The molecular formula is C14H19F3N2O. The second-order valence-electron chi connectivity index (χ2n) is 5.05. The van der Waals surface area contributed by atoms with Crippen LogP contribution in [0.1, 0.15) is 24.4 Å². The molecule has 1 heterocycles. The summed E-state index contributed by atoms with van der Waals surface area (Å²) in [5, 5.41) is 12.5. The van der Waals surface area contributed by atoms with Gasteiger partial charge in [0.25, 0.3) is 0 Å². The van der Waals surface area contributed by atoms with Crippen LogP contribution in [0, 0.1) is 0 Å². The smallest absolute Gasteiger partial charge is 0.389 e. The quantitative estimate of drug-likeness (QED) is 0.894. The summed E-state index contributed by atoms with van der Waals surface area (Å²) in [6, 6.07) is 6.21. The monoisotopic (exact) mass is 288 g/mol. The molecule has 0 bridgehead atoms. The number of phenolic OH excluding ortho intramolecular Hbond substituents is 1.